The summed E-state index contributed by atoms with van der Waals surface area (Å²) >= 11 is 0. The van der Waals surface area contributed by atoms with Gasteiger partial charge in [-0.3, -0.25) is 4.90 Å². The second kappa shape index (κ2) is 11.0. The first-order chi connectivity index (χ1) is 15.3. The second-order valence-electron chi connectivity index (χ2n) is 7.87. The Bertz CT molecular complexity index is 930. The number of likely N-dealkylation sites (tertiary alicyclic amines) is 1. The lowest BCUT2D eigenvalue weighted by Gasteiger charge is -2.23. The van der Waals surface area contributed by atoms with Crippen LogP contribution in [0.1, 0.15) is 36.5 Å². The minimum atomic E-state index is 0.215. The Labute approximate surface area is 185 Å². The molecular weight excluding hydrogens is 386 g/mol. The van der Waals surface area contributed by atoms with Crippen LogP contribution >= 0.6 is 0 Å². The molecule has 162 valence electrons. The smallest absolute Gasteiger partial charge is 0.162 e. The monoisotopic (exact) mass is 417 g/mol. The Morgan fingerprint density at radius 1 is 0.742 bits per heavy atom. The van der Waals surface area contributed by atoms with Crippen LogP contribution in [0.25, 0.3) is 0 Å². The zero-order valence-corrected chi connectivity index (χ0v) is 18.2. The van der Waals surface area contributed by atoms with E-state index in [1.807, 2.05) is 42.5 Å². The third-order valence-electron chi connectivity index (χ3n) is 5.63. The molecule has 0 radical (unpaired) electrons. The maximum absolute atomic E-state index is 6.21. The van der Waals surface area contributed by atoms with Gasteiger partial charge in [0, 0.05) is 6.54 Å². The molecule has 0 bridgehead atoms. The van der Waals surface area contributed by atoms with Gasteiger partial charge in [-0.1, -0.05) is 73.7 Å². The van der Waals surface area contributed by atoms with Gasteiger partial charge >= 0.3 is 0 Å². The van der Waals surface area contributed by atoms with Crippen LogP contribution in [0.15, 0.2) is 78.9 Å². The Balaban J connectivity index is 1.45. The minimum Gasteiger partial charge on any atom is -0.485 e. The zero-order valence-electron chi connectivity index (χ0n) is 18.2. The summed E-state index contributed by atoms with van der Waals surface area (Å²) in [6.07, 6.45) is 2.52. The fourth-order valence-electron chi connectivity index (χ4n) is 3.88. The quantitative estimate of drug-likeness (QED) is 0.417. The number of hydrogen-bond acceptors (Lipinski definition) is 4. The minimum absolute atomic E-state index is 0.215. The summed E-state index contributed by atoms with van der Waals surface area (Å²) in [5.74, 6) is 1.50. The largest absolute Gasteiger partial charge is 0.485 e. The molecule has 1 aliphatic rings. The lowest BCUT2D eigenvalue weighted by atomic mass is 10.2. The highest BCUT2D eigenvalue weighted by Crippen LogP contribution is 2.31. The molecule has 4 nitrogen and oxygen atoms in total. The fraction of sp³-hybridized carbons (Fsp3) is 0.333. The van der Waals surface area contributed by atoms with Crippen molar-refractivity contribution in [1.29, 1.82) is 0 Å². The maximum Gasteiger partial charge on any atom is 0.162 e. The van der Waals surface area contributed by atoms with Crippen molar-refractivity contribution in [2.75, 3.05) is 13.1 Å². The normalized spacial score (nSPS) is 16.4. The highest BCUT2D eigenvalue weighted by Gasteiger charge is 2.23. The van der Waals surface area contributed by atoms with Crippen LogP contribution in [0.4, 0.5) is 0 Å². The van der Waals surface area contributed by atoms with Crippen LogP contribution < -0.4 is 9.47 Å². The van der Waals surface area contributed by atoms with Gasteiger partial charge in [0.2, 0.25) is 0 Å². The molecule has 1 heterocycles. The summed E-state index contributed by atoms with van der Waals surface area (Å²) in [5.41, 5.74) is 3.35. The second-order valence-corrected chi connectivity index (χ2v) is 7.87. The van der Waals surface area contributed by atoms with Gasteiger partial charge in [-0.25, -0.2) is 0 Å². The topological polar surface area (TPSA) is 30.9 Å². The van der Waals surface area contributed by atoms with Gasteiger partial charge in [0.05, 0.1) is 6.61 Å². The molecule has 1 atom stereocenters. The molecule has 3 aromatic carbocycles. The van der Waals surface area contributed by atoms with E-state index in [-0.39, 0.29) is 6.23 Å². The van der Waals surface area contributed by atoms with Gasteiger partial charge in [0.15, 0.2) is 11.5 Å². The Hall–Kier alpha value is -2.82. The van der Waals surface area contributed by atoms with Crippen molar-refractivity contribution in [3.8, 4) is 11.5 Å². The highest BCUT2D eigenvalue weighted by atomic mass is 16.5. The molecule has 0 unspecified atom stereocenters. The van der Waals surface area contributed by atoms with Crippen molar-refractivity contribution in [3.05, 3.63) is 95.6 Å². The van der Waals surface area contributed by atoms with Gasteiger partial charge in [0.25, 0.3) is 0 Å². The predicted molar refractivity (Wildman–Crippen MR) is 123 cm³/mol. The first-order valence-corrected chi connectivity index (χ1v) is 11.1. The predicted octanol–water partition coefficient (Wildman–Crippen LogP) is 5.80. The average Bonchev–Trinajstić information content (AvgIpc) is 3.29. The van der Waals surface area contributed by atoms with Crippen LogP contribution in [-0.4, -0.2) is 24.2 Å². The molecule has 31 heavy (non-hydrogen) atoms. The van der Waals surface area contributed by atoms with E-state index < -0.39 is 0 Å². The number of nitrogens with zero attached hydrogens (tertiary/aromatic N) is 1. The summed E-state index contributed by atoms with van der Waals surface area (Å²) in [7, 11) is 0. The summed E-state index contributed by atoms with van der Waals surface area (Å²) in [6, 6.07) is 26.5. The number of hydrogen-bond donors (Lipinski definition) is 0. The number of benzene rings is 3. The first-order valence-electron chi connectivity index (χ1n) is 11.1. The van der Waals surface area contributed by atoms with E-state index in [0.717, 1.165) is 47.7 Å². The molecule has 1 fully saturated rings. The van der Waals surface area contributed by atoms with E-state index in [2.05, 4.69) is 48.2 Å². The summed E-state index contributed by atoms with van der Waals surface area (Å²) in [6.45, 7) is 5.92. The van der Waals surface area contributed by atoms with Crippen molar-refractivity contribution in [1.82, 2.24) is 4.90 Å². The third-order valence-corrected chi connectivity index (χ3v) is 5.63. The van der Waals surface area contributed by atoms with Crippen LogP contribution in [0.2, 0.25) is 0 Å². The highest BCUT2D eigenvalue weighted by molar-refractivity contribution is 5.43. The number of rotatable bonds is 10. The molecule has 1 saturated heterocycles. The average molecular weight is 418 g/mol. The standard InChI is InChI=1S/C27H31NO3/c1-2-28-17-9-14-27(28)31-21-24-15-16-25(29-19-22-10-5-3-6-11-22)26(18-24)30-20-23-12-7-4-8-13-23/h3-8,10-13,15-16,18,27H,2,9,14,17,19-21H2,1H3/t27-/m1/s1. The first kappa shape index (κ1) is 21.4. The van der Waals surface area contributed by atoms with Crippen LogP contribution in [0.3, 0.4) is 0 Å². The SMILES string of the molecule is CCN1CCC[C@H]1OCc1ccc(OCc2ccccc2)c(OCc2ccccc2)c1. The van der Waals surface area contributed by atoms with Crippen molar-refractivity contribution >= 4 is 0 Å². The van der Waals surface area contributed by atoms with Crippen molar-refractivity contribution in [3.63, 3.8) is 0 Å². The Morgan fingerprint density at radius 2 is 1.39 bits per heavy atom. The van der Waals surface area contributed by atoms with Gasteiger partial charge in [-0.15, -0.1) is 0 Å². The molecule has 0 aliphatic carbocycles. The van der Waals surface area contributed by atoms with Gasteiger partial charge in [-0.2, -0.15) is 0 Å². The maximum atomic E-state index is 6.21. The van der Waals surface area contributed by atoms with Crippen LogP contribution in [0.5, 0.6) is 11.5 Å². The van der Waals surface area contributed by atoms with E-state index in [0.29, 0.717) is 19.8 Å². The molecule has 4 rings (SSSR count). The third kappa shape index (κ3) is 6.09. The molecule has 4 heteroatoms. The molecule has 3 aromatic rings. The summed E-state index contributed by atoms with van der Waals surface area (Å²) in [5, 5.41) is 0. The van der Waals surface area contributed by atoms with E-state index in [4.69, 9.17) is 14.2 Å². The lowest BCUT2D eigenvalue weighted by molar-refractivity contribution is -0.0428. The van der Waals surface area contributed by atoms with Gasteiger partial charge in [-0.05, 0) is 48.2 Å². The van der Waals surface area contributed by atoms with E-state index in [1.165, 1.54) is 6.42 Å². The summed E-state index contributed by atoms with van der Waals surface area (Å²) in [4.78, 5) is 2.39. The fourth-order valence-corrected chi connectivity index (χ4v) is 3.88. The lowest BCUT2D eigenvalue weighted by Crippen LogP contribution is -2.31. The Morgan fingerprint density at radius 3 is 2.03 bits per heavy atom. The number of ether oxygens (including phenoxy) is 3. The molecule has 0 amide bonds. The Kier molecular flexibility index (Phi) is 7.59. The molecular formula is C27H31NO3. The van der Waals surface area contributed by atoms with Gasteiger partial charge in [0.1, 0.15) is 19.4 Å². The van der Waals surface area contributed by atoms with Gasteiger partial charge < -0.3 is 14.2 Å². The van der Waals surface area contributed by atoms with Crippen molar-refractivity contribution in [2.45, 2.75) is 45.8 Å². The van der Waals surface area contributed by atoms with E-state index in [1.54, 1.807) is 0 Å². The van der Waals surface area contributed by atoms with E-state index in [9.17, 15) is 0 Å². The summed E-state index contributed by atoms with van der Waals surface area (Å²) < 4.78 is 18.5. The van der Waals surface area contributed by atoms with Crippen LogP contribution in [0, 0.1) is 0 Å². The van der Waals surface area contributed by atoms with Crippen LogP contribution in [-0.2, 0) is 24.6 Å². The van der Waals surface area contributed by atoms with E-state index >= 15 is 0 Å². The molecule has 0 N–H and O–H groups in total. The molecule has 0 aromatic heterocycles. The van der Waals surface area contributed by atoms with Crippen molar-refractivity contribution in [2.24, 2.45) is 0 Å². The molecule has 0 saturated carbocycles. The molecule has 1 aliphatic heterocycles. The van der Waals surface area contributed by atoms with Crippen molar-refractivity contribution < 1.29 is 14.2 Å². The molecule has 0 spiro atoms. The zero-order chi connectivity index (χ0) is 21.3.